The maximum Gasteiger partial charge on any atom is 0.121 e. The van der Waals surface area contributed by atoms with E-state index in [0.717, 1.165) is 36.5 Å². The van der Waals surface area contributed by atoms with Gasteiger partial charge in [0.1, 0.15) is 5.82 Å². The van der Waals surface area contributed by atoms with Gasteiger partial charge in [0.2, 0.25) is 0 Å². The summed E-state index contributed by atoms with van der Waals surface area (Å²) in [5.41, 5.74) is 3.52. The molecule has 106 valence electrons. The first-order chi connectivity index (χ1) is 10.4. The molecule has 0 saturated carbocycles. The lowest BCUT2D eigenvalue weighted by Crippen LogP contribution is -2.20. The Balaban J connectivity index is 1.46. The van der Waals surface area contributed by atoms with E-state index < -0.39 is 0 Å². The number of aromatic amines is 1. The second-order valence-electron chi connectivity index (χ2n) is 5.71. The first kappa shape index (κ1) is 12.5. The number of aromatic nitrogens is 3. The van der Waals surface area contributed by atoms with Gasteiger partial charge in [0.05, 0.1) is 17.6 Å². The van der Waals surface area contributed by atoms with Gasteiger partial charge in [-0.1, -0.05) is 18.2 Å². The van der Waals surface area contributed by atoms with Crippen LogP contribution in [0.2, 0.25) is 0 Å². The lowest BCUT2D eigenvalue weighted by atomic mass is 10.0. The quantitative estimate of drug-likeness (QED) is 0.801. The molecule has 0 spiro atoms. The van der Waals surface area contributed by atoms with Crippen LogP contribution in [0.15, 0.2) is 48.8 Å². The van der Waals surface area contributed by atoms with Gasteiger partial charge < -0.3 is 4.98 Å². The summed E-state index contributed by atoms with van der Waals surface area (Å²) in [5, 5.41) is 0. The predicted molar refractivity (Wildman–Crippen MR) is 83.0 cm³/mol. The molecule has 2 aromatic heterocycles. The summed E-state index contributed by atoms with van der Waals surface area (Å²) >= 11 is 0. The molecule has 3 heterocycles. The van der Waals surface area contributed by atoms with Gasteiger partial charge in [-0.25, -0.2) is 4.98 Å². The van der Waals surface area contributed by atoms with Crippen LogP contribution < -0.4 is 0 Å². The summed E-state index contributed by atoms with van der Waals surface area (Å²) in [4.78, 5) is 14.8. The van der Waals surface area contributed by atoms with Gasteiger partial charge in [-0.05, 0) is 42.6 Å². The van der Waals surface area contributed by atoms with Crippen LogP contribution in [0.5, 0.6) is 0 Å². The molecule has 0 bridgehead atoms. The molecule has 1 unspecified atom stereocenters. The number of nitrogens with one attached hydrogen (secondary N) is 1. The zero-order chi connectivity index (χ0) is 14.1. The number of benzene rings is 1. The Kier molecular flexibility index (Phi) is 3.16. The molecule has 1 atom stereocenters. The van der Waals surface area contributed by atoms with E-state index in [1.807, 2.05) is 30.6 Å². The highest BCUT2D eigenvalue weighted by Gasteiger charge is 2.24. The van der Waals surface area contributed by atoms with Crippen LogP contribution >= 0.6 is 0 Å². The van der Waals surface area contributed by atoms with Crippen LogP contribution in [-0.4, -0.2) is 32.9 Å². The molecule has 1 aliphatic rings. The zero-order valence-corrected chi connectivity index (χ0v) is 11.9. The Morgan fingerprint density at radius 1 is 1.19 bits per heavy atom. The van der Waals surface area contributed by atoms with Gasteiger partial charge in [0.15, 0.2) is 0 Å². The van der Waals surface area contributed by atoms with Gasteiger partial charge >= 0.3 is 0 Å². The van der Waals surface area contributed by atoms with Crippen LogP contribution in [-0.2, 0) is 6.54 Å². The van der Waals surface area contributed by atoms with Crippen LogP contribution in [0.25, 0.3) is 11.0 Å². The maximum absolute atomic E-state index is 4.66. The number of nitrogens with zero attached hydrogens (tertiary/aromatic N) is 3. The molecular weight excluding hydrogens is 260 g/mol. The lowest BCUT2D eigenvalue weighted by Gasteiger charge is -2.14. The fraction of sp³-hybridized carbons (Fsp3) is 0.294. The van der Waals surface area contributed by atoms with Gasteiger partial charge in [0, 0.05) is 18.9 Å². The maximum atomic E-state index is 4.66. The van der Waals surface area contributed by atoms with Crippen molar-refractivity contribution in [1.29, 1.82) is 0 Å². The predicted octanol–water partition coefficient (Wildman–Crippen LogP) is 2.95. The summed E-state index contributed by atoms with van der Waals surface area (Å²) in [5.74, 6) is 1.66. The van der Waals surface area contributed by atoms with Crippen LogP contribution in [0, 0.1) is 0 Å². The van der Waals surface area contributed by atoms with Crippen molar-refractivity contribution >= 4 is 11.0 Å². The first-order valence-electron chi connectivity index (χ1n) is 7.44. The number of rotatable bonds is 3. The smallest absolute Gasteiger partial charge is 0.121 e. The first-order valence-corrected chi connectivity index (χ1v) is 7.44. The van der Waals surface area contributed by atoms with Crippen LogP contribution in [0.4, 0.5) is 0 Å². The molecular formula is C17H18N4. The molecule has 1 aliphatic heterocycles. The van der Waals surface area contributed by atoms with E-state index in [2.05, 4.69) is 38.1 Å². The SMILES string of the molecule is c1cncc(C2CCN(Cc3nc4ccccc4[nH]3)C2)c1. The number of hydrogen-bond donors (Lipinski definition) is 1. The molecule has 0 amide bonds. The molecule has 1 aromatic carbocycles. The van der Waals surface area contributed by atoms with Crippen LogP contribution in [0.3, 0.4) is 0 Å². The van der Waals surface area contributed by atoms with Crippen molar-refractivity contribution < 1.29 is 0 Å². The minimum atomic E-state index is 0.600. The summed E-state index contributed by atoms with van der Waals surface area (Å²) in [6, 6.07) is 12.4. The molecule has 1 N–H and O–H groups in total. The second-order valence-corrected chi connectivity index (χ2v) is 5.71. The number of pyridine rings is 1. The van der Waals surface area contributed by atoms with E-state index in [1.165, 1.54) is 12.0 Å². The van der Waals surface area contributed by atoms with E-state index in [-0.39, 0.29) is 0 Å². The summed E-state index contributed by atoms with van der Waals surface area (Å²) in [7, 11) is 0. The Hall–Kier alpha value is -2.20. The Bertz CT molecular complexity index is 702. The standard InChI is InChI=1S/C17H18N4/c1-2-6-16-15(5-1)19-17(20-16)12-21-9-7-14(11-21)13-4-3-8-18-10-13/h1-6,8,10,14H,7,9,11-12H2,(H,19,20). The average molecular weight is 278 g/mol. The Morgan fingerprint density at radius 2 is 2.14 bits per heavy atom. The molecule has 1 fully saturated rings. The summed E-state index contributed by atoms with van der Waals surface area (Å²) in [6.45, 7) is 3.10. The van der Waals surface area contributed by atoms with Crippen molar-refractivity contribution in [2.75, 3.05) is 13.1 Å². The van der Waals surface area contributed by atoms with Crippen molar-refractivity contribution in [2.24, 2.45) is 0 Å². The van der Waals surface area contributed by atoms with Gasteiger partial charge in [-0.15, -0.1) is 0 Å². The number of hydrogen-bond acceptors (Lipinski definition) is 3. The van der Waals surface area contributed by atoms with E-state index in [9.17, 15) is 0 Å². The van der Waals surface area contributed by atoms with Gasteiger partial charge in [-0.2, -0.15) is 0 Å². The monoisotopic (exact) mass is 278 g/mol. The second kappa shape index (κ2) is 5.30. The number of imidazole rings is 1. The van der Waals surface area contributed by atoms with E-state index in [1.54, 1.807) is 0 Å². The van der Waals surface area contributed by atoms with Crippen molar-refractivity contribution in [3.63, 3.8) is 0 Å². The third kappa shape index (κ3) is 2.54. The highest BCUT2D eigenvalue weighted by molar-refractivity contribution is 5.74. The van der Waals surface area contributed by atoms with Crippen molar-refractivity contribution in [2.45, 2.75) is 18.9 Å². The number of likely N-dealkylation sites (tertiary alicyclic amines) is 1. The minimum absolute atomic E-state index is 0.600. The van der Waals surface area contributed by atoms with Crippen LogP contribution in [0.1, 0.15) is 23.7 Å². The molecule has 0 radical (unpaired) electrons. The molecule has 4 rings (SSSR count). The Morgan fingerprint density at radius 3 is 3.00 bits per heavy atom. The lowest BCUT2D eigenvalue weighted by molar-refractivity contribution is 0.319. The number of para-hydroxylation sites is 2. The zero-order valence-electron chi connectivity index (χ0n) is 11.9. The van der Waals surface area contributed by atoms with Gasteiger partial charge in [0.25, 0.3) is 0 Å². The Labute approximate surface area is 123 Å². The largest absolute Gasteiger partial charge is 0.341 e. The topological polar surface area (TPSA) is 44.8 Å². The third-order valence-corrected chi connectivity index (χ3v) is 4.24. The minimum Gasteiger partial charge on any atom is -0.341 e. The fourth-order valence-corrected chi connectivity index (χ4v) is 3.16. The molecule has 1 saturated heterocycles. The molecule has 4 heteroatoms. The number of fused-ring (bicyclic) bond motifs is 1. The van der Waals surface area contributed by atoms with Crippen molar-refractivity contribution in [3.8, 4) is 0 Å². The fourth-order valence-electron chi connectivity index (χ4n) is 3.16. The van der Waals surface area contributed by atoms with Crippen molar-refractivity contribution in [1.82, 2.24) is 19.9 Å². The van der Waals surface area contributed by atoms with Gasteiger partial charge in [-0.3, -0.25) is 9.88 Å². The third-order valence-electron chi connectivity index (χ3n) is 4.24. The van der Waals surface area contributed by atoms with Crippen molar-refractivity contribution in [3.05, 3.63) is 60.2 Å². The number of H-pyrrole nitrogens is 1. The molecule has 21 heavy (non-hydrogen) atoms. The summed E-state index contributed by atoms with van der Waals surface area (Å²) in [6.07, 6.45) is 5.03. The molecule has 3 aromatic rings. The average Bonchev–Trinajstić information content (AvgIpc) is 3.14. The molecule has 0 aliphatic carbocycles. The van der Waals surface area contributed by atoms with E-state index in [4.69, 9.17) is 0 Å². The summed E-state index contributed by atoms with van der Waals surface area (Å²) < 4.78 is 0. The highest BCUT2D eigenvalue weighted by Crippen LogP contribution is 2.27. The highest BCUT2D eigenvalue weighted by atomic mass is 15.2. The van der Waals surface area contributed by atoms with E-state index in [0.29, 0.717) is 5.92 Å². The van der Waals surface area contributed by atoms with E-state index >= 15 is 0 Å². The normalized spacial score (nSPS) is 19.3. The molecule has 4 nitrogen and oxygen atoms in total.